The van der Waals surface area contributed by atoms with Gasteiger partial charge in [-0.15, -0.1) is 0 Å². The Morgan fingerprint density at radius 3 is 2.53 bits per heavy atom. The molecular formula is C13H24O2. The molecule has 2 heteroatoms. The highest BCUT2D eigenvalue weighted by atomic mass is 16.5. The Balaban J connectivity index is 2.31. The van der Waals surface area contributed by atoms with E-state index in [1.54, 1.807) is 0 Å². The summed E-state index contributed by atoms with van der Waals surface area (Å²) in [7, 11) is 0. The second-order valence-electron chi connectivity index (χ2n) is 4.62. The van der Waals surface area contributed by atoms with Gasteiger partial charge in [0, 0.05) is 25.6 Å². The fourth-order valence-electron chi connectivity index (χ4n) is 2.34. The molecule has 0 aliphatic carbocycles. The van der Waals surface area contributed by atoms with Gasteiger partial charge in [0.2, 0.25) is 0 Å². The molecule has 15 heavy (non-hydrogen) atoms. The van der Waals surface area contributed by atoms with Gasteiger partial charge in [0.15, 0.2) is 0 Å². The highest BCUT2D eigenvalue weighted by molar-refractivity contribution is 5.81. The predicted molar refractivity (Wildman–Crippen MR) is 61.9 cm³/mol. The summed E-state index contributed by atoms with van der Waals surface area (Å²) >= 11 is 0. The lowest BCUT2D eigenvalue weighted by molar-refractivity contribution is -0.124. The van der Waals surface area contributed by atoms with Crippen LogP contribution in [0.2, 0.25) is 0 Å². The molecule has 0 N–H and O–H groups in total. The summed E-state index contributed by atoms with van der Waals surface area (Å²) in [6.07, 6.45) is 6.15. The highest BCUT2D eigenvalue weighted by Gasteiger charge is 2.21. The van der Waals surface area contributed by atoms with E-state index in [1.807, 2.05) is 0 Å². The average Bonchev–Trinajstić information content (AvgIpc) is 2.27. The van der Waals surface area contributed by atoms with E-state index >= 15 is 0 Å². The lowest BCUT2D eigenvalue weighted by atomic mass is 9.86. The molecule has 0 aromatic heterocycles. The molecule has 0 saturated carbocycles. The van der Waals surface area contributed by atoms with E-state index in [1.165, 1.54) is 0 Å². The van der Waals surface area contributed by atoms with Crippen molar-refractivity contribution in [2.24, 2.45) is 11.8 Å². The summed E-state index contributed by atoms with van der Waals surface area (Å²) in [5, 5.41) is 0. The molecule has 1 heterocycles. The van der Waals surface area contributed by atoms with Gasteiger partial charge in [0.05, 0.1) is 0 Å². The molecule has 0 spiro atoms. The van der Waals surface area contributed by atoms with Crippen LogP contribution >= 0.6 is 0 Å². The second kappa shape index (κ2) is 7.00. The maximum absolute atomic E-state index is 12.0. The van der Waals surface area contributed by atoms with Crippen LogP contribution in [-0.4, -0.2) is 19.0 Å². The minimum Gasteiger partial charge on any atom is -0.381 e. The van der Waals surface area contributed by atoms with Crippen LogP contribution in [-0.2, 0) is 9.53 Å². The van der Waals surface area contributed by atoms with Gasteiger partial charge in [0.1, 0.15) is 5.78 Å². The zero-order chi connectivity index (χ0) is 11.1. The normalized spacial score (nSPS) is 20.1. The van der Waals surface area contributed by atoms with Crippen LogP contribution in [0.25, 0.3) is 0 Å². The zero-order valence-electron chi connectivity index (χ0n) is 10.1. The molecule has 0 amide bonds. The molecule has 1 saturated heterocycles. The Morgan fingerprint density at radius 2 is 2.00 bits per heavy atom. The Morgan fingerprint density at radius 1 is 1.33 bits per heavy atom. The van der Waals surface area contributed by atoms with Crippen molar-refractivity contribution >= 4 is 5.78 Å². The van der Waals surface area contributed by atoms with Crippen LogP contribution in [0.15, 0.2) is 0 Å². The maximum Gasteiger partial charge on any atom is 0.136 e. The number of ketones is 1. The van der Waals surface area contributed by atoms with Gasteiger partial charge < -0.3 is 4.74 Å². The largest absolute Gasteiger partial charge is 0.381 e. The molecule has 2 nitrogen and oxygen atoms in total. The van der Waals surface area contributed by atoms with Crippen molar-refractivity contribution in [3.05, 3.63) is 0 Å². The van der Waals surface area contributed by atoms with E-state index in [0.29, 0.717) is 17.6 Å². The predicted octanol–water partition coefficient (Wildman–Crippen LogP) is 3.20. The lowest BCUT2D eigenvalue weighted by Crippen LogP contribution is -2.22. The molecule has 0 aromatic carbocycles. The lowest BCUT2D eigenvalue weighted by Gasteiger charge is -2.23. The third-order valence-corrected chi connectivity index (χ3v) is 3.42. The molecule has 0 radical (unpaired) electrons. The molecule has 1 aliphatic heterocycles. The number of Topliss-reactive ketones (excluding diaryl/α,β-unsaturated/α-hetero) is 1. The molecule has 0 aromatic rings. The van der Waals surface area contributed by atoms with Crippen LogP contribution in [0.5, 0.6) is 0 Å². The number of hydrogen-bond acceptors (Lipinski definition) is 2. The number of carbonyl (C=O) groups excluding carboxylic acids is 1. The number of ether oxygens (including phenoxy) is 1. The third-order valence-electron chi connectivity index (χ3n) is 3.42. The molecule has 88 valence electrons. The van der Waals surface area contributed by atoms with E-state index in [-0.39, 0.29) is 0 Å². The molecule has 1 rings (SSSR count). The molecule has 1 fully saturated rings. The van der Waals surface area contributed by atoms with Crippen molar-refractivity contribution in [1.82, 2.24) is 0 Å². The van der Waals surface area contributed by atoms with Gasteiger partial charge in [-0.05, 0) is 31.6 Å². The SMILES string of the molecule is CCCC(CC)C(=O)CC1CCOCC1. The third kappa shape index (κ3) is 4.33. The Labute approximate surface area is 93.4 Å². The minimum absolute atomic E-state index is 0.317. The number of carbonyl (C=O) groups is 1. The van der Waals surface area contributed by atoms with E-state index in [2.05, 4.69) is 13.8 Å². The molecular weight excluding hydrogens is 188 g/mol. The van der Waals surface area contributed by atoms with Crippen molar-refractivity contribution in [1.29, 1.82) is 0 Å². The first kappa shape index (κ1) is 12.7. The smallest absolute Gasteiger partial charge is 0.136 e. The minimum atomic E-state index is 0.317. The molecule has 1 unspecified atom stereocenters. The van der Waals surface area contributed by atoms with E-state index in [0.717, 1.165) is 51.7 Å². The average molecular weight is 212 g/mol. The summed E-state index contributed by atoms with van der Waals surface area (Å²) in [6, 6.07) is 0. The van der Waals surface area contributed by atoms with Crippen molar-refractivity contribution in [3.63, 3.8) is 0 Å². The van der Waals surface area contributed by atoms with Gasteiger partial charge in [-0.2, -0.15) is 0 Å². The van der Waals surface area contributed by atoms with Gasteiger partial charge >= 0.3 is 0 Å². The summed E-state index contributed by atoms with van der Waals surface area (Å²) in [5.41, 5.74) is 0. The topological polar surface area (TPSA) is 26.3 Å². The van der Waals surface area contributed by atoms with Gasteiger partial charge in [-0.1, -0.05) is 20.3 Å². The molecule has 1 aliphatic rings. The van der Waals surface area contributed by atoms with Crippen LogP contribution in [0, 0.1) is 11.8 Å². The summed E-state index contributed by atoms with van der Waals surface area (Å²) < 4.78 is 5.30. The van der Waals surface area contributed by atoms with E-state index in [9.17, 15) is 4.79 Å². The van der Waals surface area contributed by atoms with Crippen molar-refractivity contribution in [3.8, 4) is 0 Å². The first-order valence-corrected chi connectivity index (χ1v) is 6.38. The van der Waals surface area contributed by atoms with E-state index in [4.69, 9.17) is 4.74 Å². The number of rotatable bonds is 6. The van der Waals surface area contributed by atoms with Crippen LogP contribution in [0.4, 0.5) is 0 Å². The van der Waals surface area contributed by atoms with Crippen molar-refractivity contribution < 1.29 is 9.53 Å². The highest BCUT2D eigenvalue weighted by Crippen LogP contribution is 2.23. The van der Waals surface area contributed by atoms with Crippen molar-refractivity contribution in [2.75, 3.05) is 13.2 Å². The fraction of sp³-hybridized carbons (Fsp3) is 0.923. The summed E-state index contributed by atoms with van der Waals surface area (Å²) in [4.78, 5) is 12.0. The quantitative estimate of drug-likeness (QED) is 0.676. The Kier molecular flexibility index (Phi) is 5.92. The monoisotopic (exact) mass is 212 g/mol. The first-order valence-electron chi connectivity index (χ1n) is 6.38. The Hall–Kier alpha value is -0.370. The second-order valence-corrected chi connectivity index (χ2v) is 4.62. The maximum atomic E-state index is 12.0. The van der Waals surface area contributed by atoms with Crippen LogP contribution in [0.3, 0.4) is 0 Å². The van der Waals surface area contributed by atoms with Gasteiger partial charge in [0.25, 0.3) is 0 Å². The van der Waals surface area contributed by atoms with Crippen LogP contribution in [0.1, 0.15) is 52.4 Å². The van der Waals surface area contributed by atoms with Gasteiger partial charge in [-0.25, -0.2) is 0 Å². The van der Waals surface area contributed by atoms with Crippen molar-refractivity contribution in [2.45, 2.75) is 52.4 Å². The van der Waals surface area contributed by atoms with E-state index < -0.39 is 0 Å². The van der Waals surface area contributed by atoms with Gasteiger partial charge in [-0.3, -0.25) is 4.79 Å². The number of hydrogen-bond donors (Lipinski definition) is 0. The molecule has 1 atom stereocenters. The first-order chi connectivity index (χ1) is 7.27. The summed E-state index contributed by atoms with van der Waals surface area (Å²) in [6.45, 7) is 5.98. The molecule has 0 bridgehead atoms. The fourth-order valence-corrected chi connectivity index (χ4v) is 2.34. The zero-order valence-corrected chi connectivity index (χ0v) is 10.1. The standard InChI is InChI=1S/C13H24O2/c1-3-5-12(4-2)13(14)10-11-6-8-15-9-7-11/h11-12H,3-10H2,1-2H3. The summed E-state index contributed by atoms with van der Waals surface area (Å²) in [5.74, 6) is 1.40. The van der Waals surface area contributed by atoms with Crippen LogP contribution < -0.4 is 0 Å². The Bertz CT molecular complexity index is 183.